The maximum atomic E-state index is 13.2. The molecule has 176 valence electrons. The average molecular weight is 466 g/mol. The number of nitrogens with one attached hydrogen (secondary N) is 2. The first-order valence-electron chi connectivity index (χ1n) is 12.0. The van der Waals surface area contributed by atoms with Crippen LogP contribution in [0.1, 0.15) is 35.4 Å². The van der Waals surface area contributed by atoms with Gasteiger partial charge in [-0.15, -0.1) is 0 Å². The van der Waals surface area contributed by atoms with Gasteiger partial charge >= 0.3 is 0 Å². The van der Waals surface area contributed by atoms with Crippen LogP contribution in [-0.2, 0) is 11.2 Å². The fourth-order valence-electron chi connectivity index (χ4n) is 4.97. The van der Waals surface area contributed by atoms with Gasteiger partial charge in [0.2, 0.25) is 11.9 Å². The second kappa shape index (κ2) is 9.98. The molecular weight excluding hydrogens is 438 g/mol. The number of hydrogen-bond donors (Lipinski definition) is 2. The molecule has 0 radical (unpaired) electrons. The third-order valence-electron chi connectivity index (χ3n) is 6.88. The number of amides is 1. The minimum Gasteiger partial charge on any atom is -0.342 e. The Balaban J connectivity index is 1.37. The first-order valence-corrected chi connectivity index (χ1v) is 12.0. The predicted molar refractivity (Wildman–Crippen MR) is 136 cm³/mol. The van der Waals surface area contributed by atoms with Gasteiger partial charge in [-0.2, -0.15) is 10.2 Å². The molecule has 0 saturated carbocycles. The van der Waals surface area contributed by atoms with Gasteiger partial charge in [0.25, 0.3) is 5.56 Å². The molecule has 2 aliphatic heterocycles. The Morgan fingerprint density at radius 2 is 1.71 bits per heavy atom. The van der Waals surface area contributed by atoms with Crippen LogP contribution in [0.2, 0.25) is 0 Å². The number of fused-ring (bicyclic) bond motifs is 1. The van der Waals surface area contributed by atoms with E-state index < -0.39 is 17.7 Å². The van der Waals surface area contributed by atoms with E-state index in [4.69, 9.17) is 0 Å². The quantitative estimate of drug-likeness (QED) is 0.590. The Labute approximate surface area is 204 Å². The second-order valence-corrected chi connectivity index (χ2v) is 9.16. The molecule has 0 aliphatic carbocycles. The molecule has 0 spiro atoms. The monoisotopic (exact) mass is 465 g/mol. The smallest absolute Gasteiger partial charge is 0.258 e. The average Bonchev–Trinajstić information content (AvgIpc) is 2.88. The molecule has 2 aromatic carbocycles. The highest BCUT2D eigenvalue weighted by Gasteiger charge is 2.38. The minimum absolute atomic E-state index is 0.245. The van der Waals surface area contributed by atoms with Crippen molar-refractivity contribution in [2.24, 2.45) is 11.8 Å². The fraction of sp³-hybridized carbons (Fsp3) is 0.286. The van der Waals surface area contributed by atoms with Gasteiger partial charge in [-0.3, -0.25) is 14.6 Å². The molecule has 5 rings (SSSR count). The summed E-state index contributed by atoms with van der Waals surface area (Å²) in [5.41, 5.74) is 2.28. The van der Waals surface area contributed by atoms with Crippen molar-refractivity contribution in [1.29, 1.82) is 5.26 Å². The number of allylic oxidation sites excluding steroid dienone is 1. The lowest BCUT2D eigenvalue weighted by molar-refractivity contribution is -0.119. The topological polar surface area (TPSA) is 102 Å². The molecule has 3 aromatic rings. The summed E-state index contributed by atoms with van der Waals surface area (Å²) in [5, 5.41) is 12.3. The molecule has 0 bridgehead atoms. The summed E-state index contributed by atoms with van der Waals surface area (Å²) in [5.74, 6) is -0.812. The third kappa shape index (κ3) is 4.87. The summed E-state index contributed by atoms with van der Waals surface area (Å²) in [7, 11) is 0. The van der Waals surface area contributed by atoms with E-state index in [1.807, 2.05) is 42.5 Å². The lowest BCUT2D eigenvalue weighted by Crippen LogP contribution is -2.40. The van der Waals surface area contributed by atoms with E-state index in [-0.39, 0.29) is 11.4 Å². The predicted octanol–water partition coefficient (Wildman–Crippen LogP) is 4.12. The van der Waals surface area contributed by atoms with Crippen molar-refractivity contribution < 1.29 is 4.79 Å². The molecule has 3 heterocycles. The number of aromatic amines is 1. The largest absolute Gasteiger partial charge is 0.342 e. The summed E-state index contributed by atoms with van der Waals surface area (Å²) in [6, 6.07) is 22.1. The molecule has 2 aliphatic rings. The molecular formula is C28H27N5O2. The van der Waals surface area contributed by atoms with E-state index in [9.17, 15) is 14.9 Å². The minimum atomic E-state index is -0.995. The highest BCUT2D eigenvalue weighted by molar-refractivity contribution is 5.97. The fourth-order valence-corrected chi connectivity index (χ4v) is 4.97. The van der Waals surface area contributed by atoms with Crippen molar-refractivity contribution in [3.8, 4) is 6.07 Å². The lowest BCUT2D eigenvalue weighted by Gasteiger charge is -2.33. The SMILES string of the molecule is N#CC1C(=O)Nc2nc(N3CCC(Cc4ccccc4)CC3)[nH]c(=O)c2C1/C=C/c1ccccc1. The van der Waals surface area contributed by atoms with Crippen LogP contribution in [-0.4, -0.2) is 29.0 Å². The Kier molecular flexibility index (Phi) is 6.44. The standard InChI is InChI=1S/C28H27N5O2/c29-18-23-22(12-11-19-7-3-1-4-8-19)24-25(30-26(23)34)31-28(32-27(24)35)33-15-13-21(14-16-33)17-20-9-5-2-6-10-20/h1-12,21-23H,13-17H2,(H2,30,31,32,34,35)/b12-11+. The summed E-state index contributed by atoms with van der Waals surface area (Å²) < 4.78 is 0. The zero-order valence-corrected chi connectivity index (χ0v) is 19.4. The van der Waals surface area contributed by atoms with Crippen LogP contribution in [0.25, 0.3) is 6.08 Å². The Bertz CT molecular complexity index is 1320. The van der Waals surface area contributed by atoms with Crippen LogP contribution in [0.5, 0.6) is 0 Å². The van der Waals surface area contributed by atoms with Crippen molar-refractivity contribution >= 4 is 23.7 Å². The van der Waals surface area contributed by atoms with Crippen LogP contribution in [0.15, 0.2) is 71.5 Å². The summed E-state index contributed by atoms with van der Waals surface area (Å²) >= 11 is 0. The third-order valence-corrected chi connectivity index (χ3v) is 6.88. The van der Waals surface area contributed by atoms with Crippen LogP contribution in [0.3, 0.4) is 0 Å². The normalized spacial score (nSPS) is 20.3. The van der Waals surface area contributed by atoms with E-state index in [0.29, 0.717) is 17.4 Å². The molecule has 7 nitrogen and oxygen atoms in total. The van der Waals surface area contributed by atoms with E-state index >= 15 is 0 Å². The number of carbonyl (C=O) groups is 1. The molecule has 2 N–H and O–H groups in total. The van der Waals surface area contributed by atoms with Gasteiger partial charge in [-0.05, 0) is 36.3 Å². The summed E-state index contributed by atoms with van der Waals surface area (Å²) in [6.45, 7) is 1.57. The molecule has 2 atom stereocenters. The molecule has 1 amide bonds. The molecule has 1 aromatic heterocycles. The Morgan fingerprint density at radius 3 is 2.40 bits per heavy atom. The van der Waals surface area contributed by atoms with E-state index in [1.165, 1.54) is 5.56 Å². The highest BCUT2D eigenvalue weighted by Crippen LogP contribution is 2.35. The van der Waals surface area contributed by atoms with Crippen molar-refractivity contribution in [3.63, 3.8) is 0 Å². The zero-order chi connectivity index (χ0) is 24.2. The van der Waals surface area contributed by atoms with Crippen molar-refractivity contribution in [2.45, 2.75) is 25.2 Å². The van der Waals surface area contributed by atoms with Gasteiger partial charge in [-0.25, -0.2) is 0 Å². The van der Waals surface area contributed by atoms with Gasteiger partial charge in [0.05, 0.1) is 11.6 Å². The van der Waals surface area contributed by atoms with Crippen molar-refractivity contribution in [1.82, 2.24) is 9.97 Å². The number of carbonyl (C=O) groups excluding carboxylic acids is 1. The van der Waals surface area contributed by atoms with Gasteiger partial charge < -0.3 is 10.2 Å². The molecule has 2 unspecified atom stereocenters. The number of piperidine rings is 1. The number of hydrogen-bond acceptors (Lipinski definition) is 5. The maximum Gasteiger partial charge on any atom is 0.258 e. The number of anilines is 2. The maximum absolute atomic E-state index is 13.2. The van der Waals surface area contributed by atoms with E-state index in [0.717, 1.165) is 37.9 Å². The number of aromatic nitrogens is 2. The molecule has 7 heteroatoms. The summed E-state index contributed by atoms with van der Waals surface area (Å²) in [4.78, 5) is 35.5. The first-order chi connectivity index (χ1) is 17.1. The number of H-pyrrole nitrogens is 1. The number of nitriles is 1. The van der Waals surface area contributed by atoms with Crippen LogP contribution < -0.4 is 15.8 Å². The van der Waals surface area contributed by atoms with Gasteiger partial charge in [0.1, 0.15) is 11.7 Å². The summed E-state index contributed by atoms with van der Waals surface area (Å²) in [6.07, 6.45) is 6.64. The molecule has 35 heavy (non-hydrogen) atoms. The van der Waals surface area contributed by atoms with Crippen LogP contribution in [0.4, 0.5) is 11.8 Å². The second-order valence-electron chi connectivity index (χ2n) is 9.16. The van der Waals surface area contributed by atoms with Gasteiger partial charge in [0.15, 0.2) is 0 Å². The molecule has 1 saturated heterocycles. The van der Waals surface area contributed by atoms with Gasteiger partial charge in [-0.1, -0.05) is 72.8 Å². The lowest BCUT2D eigenvalue weighted by atomic mass is 9.83. The van der Waals surface area contributed by atoms with Crippen molar-refractivity contribution in [3.05, 3.63) is 93.8 Å². The van der Waals surface area contributed by atoms with Crippen LogP contribution >= 0.6 is 0 Å². The van der Waals surface area contributed by atoms with Gasteiger partial charge in [0, 0.05) is 19.0 Å². The number of rotatable bonds is 5. The molecule has 1 fully saturated rings. The number of nitrogens with zero attached hydrogens (tertiary/aromatic N) is 3. The van der Waals surface area contributed by atoms with E-state index in [2.05, 4.69) is 50.5 Å². The van der Waals surface area contributed by atoms with Crippen molar-refractivity contribution in [2.75, 3.05) is 23.3 Å². The zero-order valence-electron chi connectivity index (χ0n) is 19.4. The first kappa shape index (κ1) is 22.6. The highest BCUT2D eigenvalue weighted by atomic mass is 16.2. The number of benzene rings is 2. The Morgan fingerprint density at radius 1 is 1.03 bits per heavy atom. The van der Waals surface area contributed by atoms with E-state index in [1.54, 1.807) is 6.08 Å². The van der Waals surface area contributed by atoms with Crippen LogP contribution in [0, 0.1) is 23.2 Å². The Hall–Kier alpha value is -4.18.